The van der Waals surface area contributed by atoms with Crippen LogP contribution in [0.25, 0.3) is 0 Å². The highest BCUT2D eigenvalue weighted by Crippen LogP contribution is 2.25. The predicted octanol–water partition coefficient (Wildman–Crippen LogP) is -2.04. The van der Waals surface area contributed by atoms with E-state index in [9.17, 15) is 4.79 Å². The summed E-state index contributed by atoms with van der Waals surface area (Å²) in [4.78, 5) is 40.0. The van der Waals surface area contributed by atoms with Crippen molar-refractivity contribution in [2.75, 3.05) is 0 Å². The van der Waals surface area contributed by atoms with E-state index in [-0.39, 0.29) is 0 Å². The largest absolute Gasteiger partial charge is 0.481 e. The zero-order valence-corrected chi connectivity index (χ0v) is 11.8. The number of rotatable bonds is 1. The summed E-state index contributed by atoms with van der Waals surface area (Å²) in [5, 5.41) is 23.2. The minimum Gasteiger partial charge on any atom is -0.481 e. The first-order valence-electron chi connectivity index (χ1n) is 3.96. The Kier molecular flexibility index (Phi) is 17.6. The van der Waals surface area contributed by atoms with Crippen LogP contribution in [0.4, 0.5) is 0 Å². The number of phosphoric acid groups is 1. The molecule has 13 nitrogen and oxygen atoms in total. The van der Waals surface area contributed by atoms with E-state index in [1.165, 1.54) is 6.92 Å². The van der Waals surface area contributed by atoms with Crippen LogP contribution in [0.5, 0.6) is 0 Å². The Morgan fingerprint density at radius 3 is 1.10 bits per heavy atom. The average molecular weight is 346 g/mol. The molecule has 1 unspecified atom stereocenters. The first kappa shape index (κ1) is 27.3. The Balaban J connectivity index is -0.0000000862. The van der Waals surface area contributed by atoms with E-state index >= 15 is 0 Å². The van der Waals surface area contributed by atoms with Crippen LogP contribution in [0.1, 0.15) is 13.8 Å². The summed E-state index contributed by atoms with van der Waals surface area (Å²) in [5.41, 5.74) is 0. The molecule has 8 N–H and O–H groups in total. The number of hydrogen-bond acceptors (Lipinski definition) is 6. The predicted molar refractivity (Wildman–Crippen MR) is 61.1 cm³/mol. The topological polar surface area (TPSA) is 247 Å². The van der Waals surface area contributed by atoms with E-state index in [0.717, 1.165) is 6.92 Å². The molecule has 0 rings (SSSR count). The monoisotopic (exact) mass is 346 g/mol. The van der Waals surface area contributed by atoms with Gasteiger partial charge in [0.05, 0.1) is 0 Å². The van der Waals surface area contributed by atoms with Gasteiger partial charge in [0.25, 0.3) is 5.97 Å². The molecule has 124 valence electrons. The minimum absolute atomic E-state index is 0.833. The van der Waals surface area contributed by atoms with Crippen molar-refractivity contribution in [1.29, 1.82) is 0 Å². The first-order chi connectivity index (χ1) is 8.37. The van der Waals surface area contributed by atoms with Crippen LogP contribution >= 0.6 is 7.82 Å². The van der Waals surface area contributed by atoms with Crippen molar-refractivity contribution in [3.63, 3.8) is 0 Å². The van der Waals surface area contributed by atoms with Crippen LogP contribution in [-0.2, 0) is 24.6 Å². The maximum Gasteiger partial charge on any atom is 0.466 e. The van der Waals surface area contributed by atoms with E-state index in [0.29, 0.717) is 0 Å². The number of carboxylic acids is 2. The molecule has 0 amide bonds. The molecule has 0 radical (unpaired) electrons. The van der Waals surface area contributed by atoms with Crippen LogP contribution in [0.3, 0.4) is 0 Å². The maximum atomic E-state index is 9.45. The Bertz CT molecular complexity index is 384. The molecule has 0 bridgehead atoms. The summed E-state index contributed by atoms with van der Waals surface area (Å²) < 4.78 is 40.5. The Morgan fingerprint density at radius 2 is 1.10 bits per heavy atom. The van der Waals surface area contributed by atoms with E-state index in [1.807, 2.05) is 0 Å². The molecule has 0 fully saturated rings. The number of aliphatic carboxylic acids is 2. The molecule has 15 heteroatoms. The molecule has 0 aromatic rings. The number of hydrogen-bond donors (Lipinski definition) is 8. The fourth-order valence-electron chi connectivity index (χ4n) is 0. The molecule has 0 aromatic carbocycles. The SMILES string of the molecule is CC(=O)O.CC(O)C(=O)O.O=P(O)(O)O.O=S(=O)(O)O. The lowest BCUT2D eigenvalue weighted by molar-refractivity contribution is -0.145. The Morgan fingerprint density at radius 1 is 1.05 bits per heavy atom. The highest BCUT2D eigenvalue weighted by molar-refractivity contribution is 7.79. The molecule has 0 aliphatic heterocycles. The molecular weight excluding hydrogens is 331 g/mol. The van der Waals surface area contributed by atoms with Gasteiger partial charge in [0.2, 0.25) is 0 Å². The van der Waals surface area contributed by atoms with Crippen LogP contribution < -0.4 is 0 Å². The minimum atomic E-state index is -4.67. The fourth-order valence-corrected chi connectivity index (χ4v) is 0. The summed E-state index contributed by atoms with van der Waals surface area (Å²) in [6.45, 7) is 2.28. The highest BCUT2D eigenvalue weighted by Gasteiger charge is 2.01. The van der Waals surface area contributed by atoms with Gasteiger partial charge >= 0.3 is 24.2 Å². The van der Waals surface area contributed by atoms with Gasteiger partial charge in [0.1, 0.15) is 6.10 Å². The maximum absolute atomic E-state index is 9.45. The molecule has 0 heterocycles. The van der Waals surface area contributed by atoms with Crippen molar-refractivity contribution in [2.24, 2.45) is 0 Å². The van der Waals surface area contributed by atoms with Gasteiger partial charge in [-0.2, -0.15) is 8.42 Å². The van der Waals surface area contributed by atoms with E-state index in [4.69, 9.17) is 56.9 Å². The van der Waals surface area contributed by atoms with Crippen LogP contribution in [-0.4, -0.2) is 65.6 Å². The smallest absolute Gasteiger partial charge is 0.466 e. The summed E-state index contributed by atoms with van der Waals surface area (Å²) in [6, 6.07) is 0. The summed E-state index contributed by atoms with van der Waals surface area (Å²) in [7, 11) is -9.31. The third kappa shape index (κ3) is 513. The molecule has 0 aliphatic rings. The zero-order valence-electron chi connectivity index (χ0n) is 10.1. The van der Waals surface area contributed by atoms with Gasteiger partial charge in [-0.05, 0) is 6.92 Å². The van der Waals surface area contributed by atoms with Crippen molar-refractivity contribution >= 4 is 30.2 Å². The summed E-state index contributed by atoms with van der Waals surface area (Å²) in [5.74, 6) is -2.02. The molecule has 0 spiro atoms. The summed E-state index contributed by atoms with van der Waals surface area (Å²) in [6.07, 6.45) is -1.23. The zero-order chi connectivity index (χ0) is 17.7. The van der Waals surface area contributed by atoms with Crippen molar-refractivity contribution in [2.45, 2.75) is 20.0 Å². The van der Waals surface area contributed by atoms with Crippen molar-refractivity contribution in [1.82, 2.24) is 0 Å². The third-order valence-electron chi connectivity index (χ3n) is 0.357. The van der Waals surface area contributed by atoms with Gasteiger partial charge in [-0.1, -0.05) is 0 Å². The molecule has 20 heavy (non-hydrogen) atoms. The lowest BCUT2D eigenvalue weighted by Gasteiger charge is -1.89. The highest BCUT2D eigenvalue weighted by atomic mass is 32.3. The molecule has 1 atom stereocenters. The number of aliphatic hydroxyl groups excluding tert-OH is 1. The van der Waals surface area contributed by atoms with Gasteiger partial charge in [-0.15, -0.1) is 0 Å². The molecule has 0 aromatic heterocycles. The molecule has 0 aliphatic carbocycles. The lowest BCUT2D eigenvalue weighted by atomic mass is 10.4. The number of aliphatic hydroxyl groups is 1. The van der Waals surface area contributed by atoms with Crippen LogP contribution in [0.15, 0.2) is 0 Å². The summed E-state index contributed by atoms with van der Waals surface area (Å²) >= 11 is 0. The fraction of sp³-hybridized carbons (Fsp3) is 0.600. The van der Waals surface area contributed by atoms with Gasteiger partial charge in [-0.3, -0.25) is 13.9 Å². The van der Waals surface area contributed by atoms with E-state index in [2.05, 4.69) is 0 Å². The van der Waals surface area contributed by atoms with Crippen LogP contribution in [0, 0.1) is 0 Å². The Labute approximate surface area is 112 Å². The molecular formula is C5H15O13PS. The van der Waals surface area contributed by atoms with Gasteiger partial charge in [0.15, 0.2) is 0 Å². The average Bonchev–Trinajstić information content (AvgIpc) is 1.94. The first-order valence-corrected chi connectivity index (χ1v) is 6.92. The lowest BCUT2D eigenvalue weighted by Crippen LogP contribution is -2.13. The standard InChI is InChI=1S/C3H6O3.C2H4O2.H3O4P.H2O4S/c1-2(4)3(5)6;1-2(3)4;2*1-5(2,3)4/h2,4H,1H3,(H,5,6);1H3,(H,3,4);(H3,1,2,3,4);(H2,1,2,3,4). The molecule has 0 saturated heterocycles. The van der Waals surface area contributed by atoms with Crippen LogP contribution in [0.2, 0.25) is 0 Å². The second kappa shape index (κ2) is 12.9. The normalized spacial score (nSPS) is 11.2. The van der Waals surface area contributed by atoms with Gasteiger partial charge in [0, 0.05) is 6.92 Å². The molecule has 0 saturated carbocycles. The van der Waals surface area contributed by atoms with Gasteiger partial charge < -0.3 is 30.0 Å². The Hall–Kier alpha value is -1.12. The van der Waals surface area contributed by atoms with Crippen molar-refractivity contribution in [3.8, 4) is 0 Å². The quantitative estimate of drug-likeness (QED) is 0.188. The van der Waals surface area contributed by atoms with Crippen molar-refractivity contribution in [3.05, 3.63) is 0 Å². The second-order valence-electron chi connectivity index (χ2n) is 2.49. The second-order valence-corrected chi connectivity index (χ2v) is 4.42. The third-order valence-corrected chi connectivity index (χ3v) is 0.357. The number of carbonyl (C=O) groups is 2. The van der Waals surface area contributed by atoms with Gasteiger partial charge in [-0.25, -0.2) is 9.36 Å². The van der Waals surface area contributed by atoms with Crippen molar-refractivity contribution < 1.29 is 61.7 Å². The number of carboxylic acid groups (broad SMARTS) is 2. The van der Waals surface area contributed by atoms with E-state index < -0.39 is 36.3 Å². The van der Waals surface area contributed by atoms with E-state index in [1.54, 1.807) is 0 Å².